The van der Waals surface area contributed by atoms with Gasteiger partial charge in [0, 0.05) is 29.6 Å². The SMILES string of the molecule is Cc1nc(C(=O)NCC#Cc2ccc(N3CCCCC3=O)cc2)cs1. The Hall–Kier alpha value is -2.65. The largest absolute Gasteiger partial charge is 0.340 e. The molecule has 1 N–H and O–H groups in total. The molecular weight excluding hydrogens is 334 g/mol. The minimum Gasteiger partial charge on any atom is -0.340 e. The normalized spacial score (nSPS) is 14.0. The summed E-state index contributed by atoms with van der Waals surface area (Å²) in [5, 5.41) is 5.33. The Bertz CT molecular complexity index is 830. The van der Waals surface area contributed by atoms with Gasteiger partial charge in [0.1, 0.15) is 5.69 Å². The lowest BCUT2D eigenvalue weighted by atomic mass is 10.1. The third-order valence-electron chi connectivity index (χ3n) is 3.92. The van der Waals surface area contributed by atoms with E-state index in [1.165, 1.54) is 11.3 Å². The maximum absolute atomic E-state index is 11.9. The van der Waals surface area contributed by atoms with E-state index >= 15 is 0 Å². The lowest BCUT2D eigenvalue weighted by Crippen LogP contribution is -2.35. The molecule has 5 nitrogen and oxygen atoms in total. The third-order valence-corrected chi connectivity index (χ3v) is 4.70. The number of aromatic nitrogens is 1. The van der Waals surface area contributed by atoms with Gasteiger partial charge in [0.2, 0.25) is 5.91 Å². The number of aryl methyl sites for hydroxylation is 1. The predicted octanol–water partition coefficient (Wildman–Crippen LogP) is 2.75. The van der Waals surface area contributed by atoms with Gasteiger partial charge in [-0.2, -0.15) is 0 Å². The minimum absolute atomic E-state index is 0.185. The Morgan fingerprint density at radius 2 is 2.12 bits per heavy atom. The van der Waals surface area contributed by atoms with E-state index in [4.69, 9.17) is 0 Å². The summed E-state index contributed by atoms with van der Waals surface area (Å²) >= 11 is 1.45. The van der Waals surface area contributed by atoms with E-state index in [-0.39, 0.29) is 18.4 Å². The highest BCUT2D eigenvalue weighted by Gasteiger charge is 2.19. The predicted molar refractivity (Wildman–Crippen MR) is 98.7 cm³/mol. The molecular formula is C19H19N3O2S. The van der Waals surface area contributed by atoms with E-state index in [0.29, 0.717) is 12.1 Å². The van der Waals surface area contributed by atoms with Gasteiger partial charge in [0.15, 0.2) is 0 Å². The first-order valence-electron chi connectivity index (χ1n) is 8.23. The molecule has 0 bridgehead atoms. The van der Waals surface area contributed by atoms with Crippen molar-refractivity contribution in [1.29, 1.82) is 0 Å². The molecule has 2 heterocycles. The highest BCUT2D eigenvalue weighted by Crippen LogP contribution is 2.21. The molecule has 1 fully saturated rings. The smallest absolute Gasteiger partial charge is 0.271 e. The summed E-state index contributed by atoms with van der Waals surface area (Å²) in [4.78, 5) is 29.7. The quantitative estimate of drug-likeness (QED) is 0.863. The highest BCUT2D eigenvalue weighted by molar-refractivity contribution is 7.09. The molecule has 0 unspecified atom stereocenters. The third kappa shape index (κ3) is 4.46. The van der Waals surface area contributed by atoms with Crippen molar-refractivity contribution in [3.8, 4) is 11.8 Å². The number of carbonyl (C=O) groups excluding carboxylic acids is 2. The maximum atomic E-state index is 11.9. The lowest BCUT2D eigenvalue weighted by Gasteiger charge is -2.26. The topological polar surface area (TPSA) is 62.3 Å². The van der Waals surface area contributed by atoms with Crippen molar-refractivity contribution >= 4 is 28.8 Å². The summed E-state index contributed by atoms with van der Waals surface area (Å²) in [6, 6.07) is 7.64. The number of nitrogens with one attached hydrogen (secondary N) is 1. The molecule has 2 aromatic rings. The number of nitrogens with zero attached hydrogens (tertiary/aromatic N) is 2. The van der Waals surface area contributed by atoms with Crippen LogP contribution in [0.2, 0.25) is 0 Å². The zero-order valence-electron chi connectivity index (χ0n) is 14.0. The second-order valence-corrected chi connectivity index (χ2v) is 6.85. The minimum atomic E-state index is -0.211. The molecule has 0 radical (unpaired) electrons. The van der Waals surface area contributed by atoms with Gasteiger partial charge in [-0.15, -0.1) is 11.3 Å². The molecule has 0 atom stereocenters. The number of piperidine rings is 1. The van der Waals surface area contributed by atoms with Crippen LogP contribution in [0.4, 0.5) is 5.69 Å². The molecule has 1 aliphatic rings. The van der Waals surface area contributed by atoms with Gasteiger partial charge in [-0.3, -0.25) is 9.59 Å². The first kappa shape index (κ1) is 17.2. The molecule has 0 spiro atoms. The van der Waals surface area contributed by atoms with Crippen molar-refractivity contribution in [1.82, 2.24) is 10.3 Å². The van der Waals surface area contributed by atoms with Gasteiger partial charge in [-0.05, 0) is 44.0 Å². The van der Waals surface area contributed by atoms with E-state index < -0.39 is 0 Å². The second-order valence-electron chi connectivity index (χ2n) is 5.79. The fourth-order valence-corrected chi connectivity index (χ4v) is 3.23. The number of amides is 2. The number of benzene rings is 1. The van der Waals surface area contributed by atoms with Gasteiger partial charge < -0.3 is 10.2 Å². The molecule has 2 amide bonds. The summed E-state index contributed by atoms with van der Waals surface area (Å²) in [6.07, 6.45) is 2.65. The van der Waals surface area contributed by atoms with E-state index in [2.05, 4.69) is 22.1 Å². The summed E-state index contributed by atoms with van der Waals surface area (Å²) < 4.78 is 0. The number of rotatable bonds is 3. The van der Waals surface area contributed by atoms with Gasteiger partial charge in [0.25, 0.3) is 5.91 Å². The molecule has 1 saturated heterocycles. The number of hydrogen-bond donors (Lipinski definition) is 1. The van der Waals surface area contributed by atoms with Crippen molar-refractivity contribution in [2.24, 2.45) is 0 Å². The number of hydrogen-bond acceptors (Lipinski definition) is 4. The molecule has 0 saturated carbocycles. The Morgan fingerprint density at radius 3 is 2.80 bits per heavy atom. The van der Waals surface area contributed by atoms with Crippen LogP contribution in [0, 0.1) is 18.8 Å². The monoisotopic (exact) mass is 353 g/mol. The summed E-state index contributed by atoms with van der Waals surface area (Å²) in [7, 11) is 0. The molecule has 1 aliphatic heterocycles. The Morgan fingerprint density at radius 1 is 1.32 bits per heavy atom. The van der Waals surface area contributed by atoms with Crippen molar-refractivity contribution in [2.75, 3.05) is 18.0 Å². The maximum Gasteiger partial charge on any atom is 0.271 e. The van der Waals surface area contributed by atoms with Crippen molar-refractivity contribution in [3.63, 3.8) is 0 Å². The average Bonchev–Trinajstić information content (AvgIpc) is 3.06. The summed E-state index contributed by atoms with van der Waals surface area (Å²) in [5.74, 6) is 5.92. The summed E-state index contributed by atoms with van der Waals surface area (Å²) in [6.45, 7) is 2.91. The summed E-state index contributed by atoms with van der Waals surface area (Å²) in [5.41, 5.74) is 2.20. The molecule has 3 rings (SSSR count). The van der Waals surface area contributed by atoms with Crippen molar-refractivity contribution < 1.29 is 9.59 Å². The van der Waals surface area contributed by atoms with Crippen molar-refractivity contribution in [2.45, 2.75) is 26.2 Å². The Balaban J connectivity index is 1.54. The zero-order valence-corrected chi connectivity index (χ0v) is 14.9. The standard InChI is InChI=1S/C19H19N3O2S/c1-14-21-17(13-25-14)19(24)20-11-4-5-15-7-9-16(10-8-15)22-12-3-2-6-18(22)23/h7-10,13H,2-3,6,11-12H2,1H3,(H,20,24). The average molecular weight is 353 g/mol. The number of anilines is 1. The molecule has 25 heavy (non-hydrogen) atoms. The van der Waals surface area contributed by atoms with Crippen molar-refractivity contribution in [3.05, 3.63) is 45.9 Å². The van der Waals surface area contributed by atoms with E-state index in [0.717, 1.165) is 35.6 Å². The Labute approximate surface area is 151 Å². The van der Waals surface area contributed by atoms with Crippen LogP contribution in [0.3, 0.4) is 0 Å². The van der Waals surface area contributed by atoms with Crippen LogP contribution in [-0.2, 0) is 4.79 Å². The molecule has 0 aliphatic carbocycles. The number of thiazole rings is 1. The first-order chi connectivity index (χ1) is 12.1. The number of carbonyl (C=O) groups is 2. The van der Waals surface area contributed by atoms with Gasteiger partial charge in [-0.1, -0.05) is 11.8 Å². The van der Waals surface area contributed by atoms with Crippen LogP contribution in [0.15, 0.2) is 29.6 Å². The second kappa shape index (κ2) is 7.95. The van der Waals surface area contributed by atoms with Gasteiger partial charge >= 0.3 is 0 Å². The van der Waals surface area contributed by atoms with Crippen LogP contribution in [0.5, 0.6) is 0 Å². The van der Waals surface area contributed by atoms with Gasteiger partial charge in [-0.25, -0.2) is 4.98 Å². The van der Waals surface area contributed by atoms with Crippen LogP contribution < -0.4 is 10.2 Å². The van der Waals surface area contributed by atoms with Crippen LogP contribution in [0.25, 0.3) is 0 Å². The van der Waals surface area contributed by atoms with Crippen LogP contribution >= 0.6 is 11.3 Å². The highest BCUT2D eigenvalue weighted by atomic mass is 32.1. The van der Waals surface area contributed by atoms with E-state index in [1.807, 2.05) is 36.1 Å². The Kier molecular flexibility index (Phi) is 5.46. The molecule has 1 aromatic carbocycles. The fourth-order valence-electron chi connectivity index (χ4n) is 2.63. The molecule has 128 valence electrons. The van der Waals surface area contributed by atoms with Crippen LogP contribution in [-0.4, -0.2) is 29.9 Å². The zero-order chi connectivity index (χ0) is 17.6. The molecule has 6 heteroatoms. The van der Waals surface area contributed by atoms with Gasteiger partial charge in [0.05, 0.1) is 11.6 Å². The lowest BCUT2D eigenvalue weighted by molar-refractivity contribution is -0.119. The molecule has 1 aromatic heterocycles. The van der Waals surface area contributed by atoms with E-state index in [1.54, 1.807) is 5.38 Å². The first-order valence-corrected chi connectivity index (χ1v) is 9.11. The van der Waals surface area contributed by atoms with Crippen LogP contribution in [0.1, 0.15) is 40.3 Å². The van der Waals surface area contributed by atoms with E-state index in [9.17, 15) is 9.59 Å². The fraction of sp³-hybridized carbons (Fsp3) is 0.316.